The van der Waals surface area contributed by atoms with Crippen LogP contribution in [0.15, 0.2) is 42.5 Å². The fraction of sp³-hybridized carbons (Fsp3) is 0.500. The van der Waals surface area contributed by atoms with Crippen molar-refractivity contribution >= 4 is 10.8 Å². The molecule has 0 aliphatic rings. The number of hydrogen-bond donors (Lipinski definition) is 1. The first-order valence-corrected chi connectivity index (χ1v) is 9.03. The molecule has 144 valence electrons. The normalized spacial score (nSPS) is 11.1. The second-order valence-corrected chi connectivity index (χ2v) is 5.60. The molecule has 0 saturated carbocycles. The Morgan fingerprint density at radius 2 is 1.12 bits per heavy atom. The van der Waals surface area contributed by atoms with Gasteiger partial charge in [0.15, 0.2) is 0 Å². The predicted molar refractivity (Wildman–Crippen MR) is 102 cm³/mol. The summed E-state index contributed by atoms with van der Waals surface area (Å²) in [4.78, 5) is 0. The largest absolute Gasteiger partial charge is 0.491 e. The lowest BCUT2D eigenvalue weighted by Crippen LogP contribution is -2.15. The van der Waals surface area contributed by atoms with Crippen LogP contribution in [0.4, 0.5) is 0 Å². The van der Waals surface area contributed by atoms with E-state index in [-0.39, 0.29) is 0 Å². The van der Waals surface area contributed by atoms with Crippen molar-refractivity contribution in [3.05, 3.63) is 42.5 Å². The fourth-order valence-electron chi connectivity index (χ4n) is 2.32. The third-order valence-electron chi connectivity index (χ3n) is 3.60. The highest BCUT2D eigenvalue weighted by molar-refractivity contribution is 5.83. The minimum atomic E-state index is 0.518. The lowest BCUT2D eigenvalue weighted by atomic mass is 10.1. The molecule has 2 N–H and O–H groups in total. The average Bonchev–Trinajstić information content (AvgIpc) is 2.68. The summed E-state index contributed by atoms with van der Waals surface area (Å²) in [5.74, 6) is 0.858. The van der Waals surface area contributed by atoms with Gasteiger partial charge in [0.25, 0.3) is 0 Å². The van der Waals surface area contributed by atoms with Crippen LogP contribution in [-0.4, -0.2) is 66.0 Å². The van der Waals surface area contributed by atoms with Crippen molar-refractivity contribution < 1.29 is 23.7 Å². The van der Waals surface area contributed by atoms with Crippen LogP contribution in [0.2, 0.25) is 0 Å². The molecule has 0 heterocycles. The van der Waals surface area contributed by atoms with Crippen LogP contribution in [0.3, 0.4) is 0 Å². The Kier molecular flexibility index (Phi) is 10.7. The van der Waals surface area contributed by atoms with E-state index >= 15 is 0 Å². The zero-order valence-corrected chi connectivity index (χ0v) is 15.2. The Hall–Kier alpha value is -1.70. The number of hydrogen-bond acceptors (Lipinski definition) is 6. The lowest BCUT2D eigenvalue weighted by Gasteiger charge is -2.09. The van der Waals surface area contributed by atoms with Gasteiger partial charge in [-0.2, -0.15) is 0 Å². The van der Waals surface area contributed by atoms with E-state index in [0.29, 0.717) is 66.0 Å². The molecule has 2 rings (SSSR count). The van der Waals surface area contributed by atoms with E-state index in [4.69, 9.17) is 29.4 Å². The molecule has 0 saturated heterocycles. The van der Waals surface area contributed by atoms with Crippen LogP contribution >= 0.6 is 0 Å². The van der Waals surface area contributed by atoms with Gasteiger partial charge in [-0.1, -0.05) is 30.3 Å². The molecule has 0 fully saturated rings. The Bertz CT molecular complexity index is 608. The molecule has 0 atom stereocenters. The third-order valence-corrected chi connectivity index (χ3v) is 3.60. The van der Waals surface area contributed by atoms with Crippen molar-refractivity contribution in [3.63, 3.8) is 0 Å². The van der Waals surface area contributed by atoms with Crippen LogP contribution in [0.1, 0.15) is 0 Å². The van der Waals surface area contributed by atoms with E-state index in [9.17, 15) is 0 Å². The summed E-state index contributed by atoms with van der Waals surface area (Å²) in [6.07, 6.45) is 0. The van der Waals surface area contributed by atoms with Crippen molar-refractivity contribution in [2.75, 3.05) is 66.0 Å². The highest BCUT2D eigenvalue weighted by atomic mass is 16.6. The molecule has 0 bridgehead atoms. The van der Waals surface area contributed by atoms with Gasteiger partial charge in [0.2, 0.25) is 0 Å². The van der Waals surface area contributed by atoms with Crippen LogP contribution < -0.4 is 10.5 Å². The Morgan fingerprint density at radius 3 is 1.73 bits per heavy atom. The molecule has 6 heteroatoms. The van der Waals surface area contributed by atoms with Crippen molar-refractivity contribution in [2.24, 2.45) is 5.73 Å². The van der Waals surface area contributed by atoms with E-state index in [2.05, 4.69) is 18.2 Å². The van der Waals surface area contributed by atoms with E-state index in [1.54, 1.807) is 0 Å². The van der Waals surface area contributed by atoms with Gasteiger partial charge in [0.1, 0.15) is 12.4 Å². The van der Waals surface area contributed by atoms with E-state index in [1.807, 2.05) is 24.3 Å². The van der Waals surface area contributed by atoms with Gasteiger partial charge in [-0.15, -0.1) is 0 Å². The number of rotatable bonds is 15. The first kappa shape index (κ1) is 20.6. The first-order chi connectivity index (χ1) is 12.9. The Balaban J connectivity index is 1.40. The summed E-state index contributed by atoms with van der Waals surface area (Å²) >= 11 is 0. The van der Waals surface area contributed by atoms with Crippen molar-refractivity contribution in [2.45, 2.75) is 0 Å². The van der Waals surface area contributed by atoms with Crippen LogP contribution in [-0.2, 0) is 18.9 Å². The van der Waals surface area contributed by atoms with Gasteiger partial charge in [-0.25, -0.2) is 0 Å². The smallest absolute Gasteiger partial charge is 0.120 e. The van der Waals surface area contributed by atoms with Crippen molar-refractivity contribution in [1.82, 2.24) is 0 Å². The van der Waals surface area contributed by atoms with Crippen molar-refractivity contribution in [3.8, 4) is 5.75 Å². The highest BCUT2D eigenvalue weighted by Crippen LogP contribution is 2.20. The quantitative estimate of drug-likeness (QED) is 0.489. The molecule has 2 aromatic carbocycles. The lowest BCUT2D eigenvalue weighted by molar-refractivity contribution is -0.00386. The van der Waals surface area contributed by atoms with Gasteiger partial charge in [0.05, 0.1) is 52.9 Å². The molecule has 2 aromatic rings. The van der Waals surface area contributed by atoms with E-state index in [1.165, 1.54) is 10.8 Å². The minimum Gasteiger partial charge on any atom is -0.491 e. The molecule has 26 heavy (non-hydrogen) atoms. The second-order valence-electron chi connectivity index (χ2n) is 5.60. The van der Waals surface area contributed by atoms with Crippen LogP contribution in [0.25, 0.3) is 10.8 Å². The molecule has 0 unspecified atom stereocenters. The maximum atomic E-state index is 5.71. The number of nitrogens with two attached hydrogens (primary N) is 1. The average molecular weight is 363 g/mol. The van der Waals surface area contributed by atoms with Crippen LogP contribution in [0, 0.1) is 0 Å². The monoisotopic (exact) mass is 363 g/mol. The third kappa shape index (κ3) is 8.60. The summed E-state index contributed by atoms with van der Waals surface area (Å²) in [6, 6.07) is 14.3. The van der Waals surface area contributed by atoms with Gasteiger partial charge in [-0.05, 0) is 22.9 Å². The van der Waals surface area contributed by atoms with E-state index in [0.717, 1.165) is 5.75 Å². The summed E-state index contributed by atoms with van der Waals surface area (Å²) in [5, 5.41) is 2.38. The Morgan fingerprint density at radius 1 is 0.577 bits per heavy atom. The van der Waals surface area contributed by atoms with Gasteiger partial charge < -0.3 is 29.4 Å². The SMILES string of the molecule is NCCOCCOCCOCCOCCOc1ccc2ccccc2c1. The van der Waals surface area contributed by atoms with Gasteiger partial charge in [0, 0.05) is 6.54 Å². The zero-order valence-electron chi connectivity index (χ0n) is 15.2. The molecule has 0 aliphatic heterocycles. The molecule has 0 aromatic heterocycles. The van der Waals surface area contributed by atoms with Gasteiger partial charge in [-0.3, -0.25) is 0 Å². The molecule has 0 radical (unpaired) electrons. The molecule has 0 aliphatic carbocycles. The summed E-state index contributed by atoms with van der Waals surface area (Å²) in [6.45, 7) is 5.48. The summed E-state index contributed by atoms with van der Waals surface area (Å²) in [7, 11) is 0. The second kappa shape index (κ2) is 13.5. The molecule has 6 nitrogen and oxygen atoms in total. The fourth-order valence-corrected chi connectivity index (χ4v) is 2.32. The van der Waals surface area contributed by atoms with E-state index < -0.39 is 0 Å². The molecular weight excluding hydrogens is 334 g/mol. The number of fused-ring (bicyclic) bond motifs is 1. The zero-order chi connectivity index (χ0) is 18.3. The number of ether oxygens (including phenoxy) is 5. The minimum absolute atomic E-state index is 0.518. The highest BCUT2D eigenvalue weighted by Gasteiger charge is 1.97. The summed E-state index contributed by atoms with van der Waals surface area (Å²) in [5.41, 5.74) is 5.31. The first-order valence-electron chi connectivity index (χ1n) is 9.03. The number of benzene rings is 2. The van der Waals surface area contributed by atoms with Crippen molar-refractivity contribution in [1.29, 1.82) is 0 Å². The Labute approximate surface area is 155 Å². The standard InChI is InChI=1S/C20H29NO5/c21-7-8-22-9-10-23-11-12-24-13-14-25-15-16-26-20-6-5-18-3-1-2-4-19(18)17-20/h1-6,17H,7-16,21H2. The maximum absolute atomic E-state index is 5.71. The molecule has 0 amide bonds. The molecular formula is C20H29NO5. The summed E-state index contributed by atoms with van der Waals surface area (Å²) < 4.78 is 27.2. The molecule has 0 spiro atoms. The maximum Gasteiger partial charge on any atom is 0.120 e. The topological polar surface area (TPSA) is 72.2 Å². The predicted octanol–water partition coefficient (Wildman–Crippen LogP) is 2.24. The van der Waals surface area contributed by atoms with Crippen LogP contribution in [0.5, 0.6) is 5.75 Å². The van der Waals surface area contributed by atoms with Gasteiger partial charge >= 0.3 is 0 Å².